The van der Waals surface area contributed by atoms with Crippen molar-refractivity contribution < 1.29 is 9.59 Å². The molecule has 3 rings (SSSR count). The fraction of sp³-hybridized carbons (Fsp3) is 0.273. The molecule has 0 aromatic heterocycles. The molecule has 2 N–H and O–H groups in total. The van der Waals surface area contributed by atoms with Gasteiger partial charge >= 0.3 is 0 Å². The average Bonchev–Trinajstić information content (AvgIpc) is 2.76. The smallest absolute Gasteiger partial charge is 0.262 e. The van der Waals surface area contributed by atoms with E-state index in [-0.39, 0.29) is 5.91 Å². The van der Waals surface area contributed by atoms with E-state index in [4.69, 9.17) is 11.6 Å². The van der Waals surface area contributed by atoms with Crippen molar-refractivity contribution in [1.82, 2.24) is 15.8 Å². The van der Waals surface area contributed by atoms with E-state index >= 15 is 0 Å². The highest BCUT2D eigenvalue weighted by molar-refractivity contribution is 6.32. The van der Waals surface area contributed by atoms with Crippen molar-refractivity contribution in [2.24, 2.45) is 0 Å². The summed E-state index contributed by atoms with van der Waals surface area (Å²) in [5.74, 6) is -0.621. The Bertz CT molecular complexity index is 849. The summed E-state index contributed by atoms with van der Waals surface area (Å²) in [5.41, 5.74) is 6.82. The third-order valence-electron chi connectivity index (χ3n) is 4.79. The largest absolute Gasteiger partial charge is 0.369 e. The Kier molecular flexibility index (Phi) is 7.67. The number of amides is 2. The van der Waals surface area contributed by atoms with Crippen LogP contribution in [-0.2, 0) is 9.59 Å². The summed E-state index contributed by atoms with van der Waals surface area (Å²) in [5, 5.41) is 0.563. The fourth-order valence-corrected chi connectivity index (χ4v) is 3.34. The van der Waals surface area contributed by atoms with E-state index in [2.05, 4.69) is 32.8 Å². The van der Waals surface area contributed by atoms with Crippen LogP contribution < -0.4 is 15.8 Å². The number of rotatable bonds is 6. The lowest BCUT2D eigenvalue weighted by atomic mass is 10.2. The van der Waals surface area contributed by atoms with Crippen LogP contribution in [0.4, 0.5) is 5.69 Å². The first kappa shape index (κ1) is 20.9. The zero-order chi connectivity index (χ0) is 20.5. The van der Waals surface area contributed by atoms with Gasteiger partial charge in [-0.1, -0.05) is 48.0 Å². The fourth-order valence-electron chi connectivity index (χ4n) is 3.14. The van der Waals surface area contributed by atoms with Crippen LogP contribution in [0.1, 0.15) is 12.0 Å². The first-order valence-corrected chi connectivity index (χ1v) is 10.0. The van der Waals surface area contributed by atoms with Gasteiger partial charge in [0.25, 0.3) is 5.91 Å². The molecule has 0 unspecified atom stereocenters. The molecule has 0 saturated carbocycles. The summed E-state index contributed by atoms with van der Waals surface area (Å²) in [6, 6.07) is 17.6. The topological polar surface area (TPSA) is 64.7 Å². The SMILES string of the molecule is O=C(/C=C/c1ccccc1Cl)NNC(=O)CCN1CCN(c2ccccc2)CC1. The van der Waals surface area contributed by atoms with E-state index < -0.39 is 5.91 Å². The van der Waals surface area contributed by atoms with Gasteiger partial charge in [0.1, 0.15) is 0 Å². The van der Waals surface area contributed by atoms with Crippen molar-refractivity contribution in [3.05, 3.63) is 71.3 Å². The van der Waals surface area contributed by atoms with E-state index in [1.165, 1.54) is 11.8 Å². The first-order chi connectivity index (χ1) is 14.1. The molecule has 1 fully saturated rings. The molecule has 1 saturated heterocycles. The lowest BCUT2D eigenvalue weighted by Gasteiger charge is -2.36. The molecule has 2 aromatic rings. The van der Waals surface area contributed by atoms with Crippen LogP contribution in [0.2, 0.25) is 5.02 Å². The van der Waals surface area contributed by atoms with E-state index in [1.807, 2.05) is 36.4 Å². The molecule has 1 aliphatic rings. The number of nitrogens with zero attached hydrogens (tertiary/aromatic N) is 2. The molecule has 2 aromatic carbocycles. The minimum Gasteiger partial charge on any atom is -0.369 e. The predicted octanol–water partition coefficient (Wildman–Crippen LogP) is 2.71. The number of carbonyl (C=O) groups is 2. The van der Waals surface area contributed by atoms with Gasteiger partial charge in [0.2, 0.25) is 5.91 Å². The van der Waals surface area contributed by atoms with Gasteiger partial charge in [-0.05, 0) is 29.8 Å². The summed E-state index contributed by atoms with van der Waals surface area (Å²) >= 11 is 6.03. The maximum Gasteiger partial charge on any atom is 0.262 e. The van der Waals surface area contributed by atoms with Crippen molar-refractivity contribution in [3.8, 4) is 0 Å². The maximum atomic E-state index is 12.0. The molecular weight excluding hydrogens is 388 g/mol. The second-order valence-electron chi connectivity index (χ2n) is 6.81. The number of hydrazine groups is 1. The average molecular weight is 413 g/mol. The second-order valence-corrected chi connectivity index (χ2v) is 7.21. The lowest BCUT2D eigenvalue weighted by molar-refractivity contribution is -0.127. The highest BCUT2D eigenvalue weighted by Gasteiger charge is 2.17. The molecular formula is C22H25ClN4O2. The Morgan fingerprint density at radius 1 is 0.931 bits per heavy atom. The maximum absolute atomic E-state index is 12.0. The highest BCUT2D eigenvalue weighted by atomic mass is 35.5. The number of halogens is 1. The van der Waals surface area contributed by atoms with Gasteiger partial charge in [0.15, 0.2) is 0 Å². The monoisotopic (exact) mass is 412 g/mol. The molecule has 152 valence electrons. The molecule has 2 amide bonds. The van der Waals surface area contributed by atoms with Crippen LogP contribution in [0.25, 0.3) is 6.08 Å². The zero-order valence-corrected chi connectivity index (χ0v) is 16.9. The van der Waals surface area contributed by atoms with Gasteiger partial charge in [-0.2, -0.15) is 0 Å². The molecule has 0 spiro atoms. The lowest BCUT2D eigenvalue weighted by Crippen LogP contribution is -2.48. The number of anilines is 1. The number of para-hydroxylation sites is 1. The van der Waals surface area contributed by atoms with E-state index in [0.717, 1.165) is 31.7 Å². The number of piperazine rings is 1. The van der Waals surface area contributed by atoms with Crippen LogP contribution in [-0.4, -0.2) is 49.4 Å². The molecule has 1 heterocycles. The van der Waals surface area contributed by atoms with Gasteiger partial charge in [-0.25, -0.2) is 0 Å². The van der Waals surface area contributed by atoms with Gasteiger partial charge in [0, 0.05) is 55.9 Å². The van der Waals surface area contributed by atoms with E-state index in [1.54, 1.807) is 12.1 Å². The zero-order valence-electron chi connectivity index (χ0n) is 16.2. The summed E-state index contributed by atoms with van der Waals surface area (Å²) in [7, 11) is 0. The van der Waals surface area contributed by atoms with Crippen molar-refractivity contribution in [1.29, 1.82) is 0 Å². The highest BCUT2D eigenvalue weighted by Crippen LogP contribution is 2.16. The molecule has 7 heteroatoms. The van der Waals surface area contributed by atoms with Gasteiger partial charge in [-0.3, -0.25) is 25.3 Å². The Balaban J connectivity index is 1.33. The normalized spacial score (nSPS) is 14.7. The molecule has 6 nitrogen and oxygen atoms in total. The predicted molar refractivity (Wildman–Crippen MR) is 116 cm³/mol. The Morgan fingerprint density at radius 2 is 1.62 bits per heavy atom. The molecule has 0 atom stereocenters. The summed E-state index contributed by atoms with van der Waals surface area (Å²) in [6.07, 6.45) is 3.28. The number of hydrogen-bond acceptors (Lipinski definition) is 4. The van der Waals surface area contributed by atoms with Crippen LogP contribution >= 0.6 is 11.6 Å². The van der Waals surface area contributed by atoms with Crippen LogP contribution in [0.3, 0.4) is 0 Å². The van der Waals surface area contributed by atoms with E-state index in [9.17, 15) is 9.59 Å². The number of hydrogen-bond donors (Lipinski definition) is 2. The minimum atomic E-state index is -0.408. The number of benzene rings is 2. The third kappa shape index (κ3) is 6.62. The van der Waals surface area contributed by atoms with Crippen molar-refractivity contribution >= 4 is 35.2 Å². The van der Waals surface area contributed by atoms with Crippen molar-refractivity contribution in [3.63, 3.8) is 0 Å². The number of nitrogens with one attached hydrogen (secondary N) is 2. The molecule has 1 aliphatic heterocycles. The van der Waals surface area contributed by atoms with Gasteiger partial charge < -0.3 is 4.90 Å². The quantitative estimate of drug-likeness (QED) is 0.565. The van der Waals surface area contributed by atoms with Crippen molar-refractivity contribution in [2.45, 2.75) is 6.42 Å². The summed E-state index contributed by atoms with van der Waals surface area (Å²) in [6.45, 7) is 4.37. The Morgan fingerprint density at radius 3 is 2.34 bits per heavy atom. The Hall–Kier alpha value is -2.83. The van der Waals surface area contributed by atoms with Crippen molar-refractivity contribution in [2.75, 3.05) is 37.6 Å². The summed E-state index contributed by atoms with van der Waals surface area (Å²) in [4.78, 5) is 28.4. The van der Waals surface area contributed by atoms with Gasteiger partial charge in [-0.15, -0.1) is 0 Å². The standard InChI is InChI=1S/C22H25ClN4O2/c23-20-9-5-4-6-18(20)10-11-21(28)24-25-22(29)12-13-26-14-16-27(17-15-26)19-7-2-1-3-8-19/h1-11H,12-17H2,(H,24,28)(H,25,29)/b11-10+. The Labute approximate surface area is 176 Å². The van der Waals surface area contributed by atoms with Crippen LogP contribution in [0.5, 0.6) is 0 Å². The van der Waals surface area contributed by atoms with Crippen LogP contribution in [0, 0.1) is 0 Å². The molecule has 0 aliphatic carbocycles. The second kappa shape index (κ2) is 10.6. The number of carbonyl (C=O) groups excluding carboxylic acids is 2. The molecule has 0 radical (unpaired) electrons. The minimum absolute atomic E-state index is 0.213. The van der Waals surface area contributed by atoms with Gasteiger partial charge in [0.05, 0.1) is 0 Å². The third-order valence-corrected chi connectivity index (χ3v) is 5.14. The van der Waals surface area contributed by atoms with Crippen LogP contribution in [0.15, 0.2) is 60.7 Å². The molecule has 29 heavy (non-hydrogen) atoms. The van der Waals surface area contributed by atoms with E-state index in [0.29, 0.717) is 18.0 Å². The summed E-state index contributed by atoms with van der Waals surface area (Å²) < 4.78 is 0. The molecule has 0 bridgehead atoms. The first-order valence-electron chi connectivity index (χ1n) is 9.65.